The summed E-state index contributed by atoms with van der Waals surface area (Å²) in [5.74, 6) is 1.90. The van der Waals surface area contributed by atoms with E-state index in [9.17, 15) is 0 Å². The average Bonchev–Trinajstić information content (AvgIpc) is 2.91. The molecule has 0 amide bonds. The minimum atomic E-state index is 0.485. The third kappa shape index (κ3) is 3.58. The van der Waals surface area contributed by atoms with Crippen molar-refractivity contribution in [1.82, 2.24) is 10.1 Å². The second-order valence-corrected chi connectivity index (χ2v) is 6.38. The van der Waals surface area contributed by atoms with Crippen molar-refractivity contribution < 1.29 is 9.26 Å². The van der Waals surface area contributed by atoms with Crippen molar-refractivity contribution in [3.05, 3.63) is 46.8 Å². The lowest BCUT2D eigenvalue weighted by molar-refractivity contribution is 0.150. The van der Waals surface area contributed by atoms with E-state index in [0.717, 1.165) is 36.7 Å². The number of benzene rings is 1. The van der Waals surface area contributed by atoms with Crippen LogP contribution >= 0.6 is 0 Å². The van der Waals surface area contributed by atoms with Crippen LogP contribution in [-0.2, 0) is 6.42 Å². The number of rotatable bonds is 5. The summed E-state index contributed by atoms with van der Waals surface area (Å²) >= 11 is 0. The zero-order valence-corrected chi connectivity index (χ0v) is 14.3. The SMILES string of the molecule is COc1cccc([C@@H]2CCCCN2CCc2c(C)noc2C)c1. The van der Waals surface area contributed by atoms with Gasteiger partial charge in [-0.1, -0.05) is 23.7 Å². The van der Waals surface area contributed by atoms with Crippen LogP contribution in [0.1, 0.15) is 47.9 Å². The van der Waals surface area contributed by atoms with Gasteiger partial charge in [0, 0.05) is 18.2 Å². The number of piperidine rings is 1. The first-order valence-electron chi connectivity index (χ1n) is 8.49. The number of aromatic nitrogens is 1. The molecule has 2 heterocycles. The molecule has 0 spiro atoms. The molecule has 1 aliphatic heterocycles. The molecule has 2 aromatic rings. The number of hydrogen-bond donors (Lipinski definition) is 0. The van der Waals surface area contributed by atoms with Crippen LogP contribution in [0, 0.1) is 13.8 Å². The predicted molar refractivity (Wildman–Crippen MR) is 90.8 cm³/mol. The van der Waals surface area contributed by atoms with Gasteiger partial charge in [0.2, 0.25) is 0 Å². The molecule has 23 heavy (non-hydrogen) atoms. The Morgan fingerprint density at radius 3 is 2.91 bits per heavy atom. The van der Waals surface area contributed by atoms with Crippen molar-refractivity contribution in [3.8, 4) is 5.75 Å². The van der Waals surface area contributed by atoms with E-state index in [-0.39, 0.29) is 0 Å². The smallest absolute Gasteiger partial charge is 0.137 e. The molecule has 1 aromatic heterocycles. The lowest BCUT2D eigenvalue weighted by Crippen LogP contribution is -2.35. The molecule has 3 rings (SSSR count). The van der Waals surface area contributed by atoms with Gasteiger partial charge >= 0.3 is 0 Å². The van der Waals surface area contributed by atoms with Crippen LogP contribution in [0.2, 0.25) is 0 Å². The fourth-order valence-corrected chi connectivity index (χ4v) is 3.60. The van der Waals surface area contributed by atoms with E-state index in [1.807, 2.05) is 19.9 Å². The van der Waals surface area contributed by atoms with E-state index in [1.54, 1.807) is 7.11 Å². The zero-order valence-electron chi connectivity index (χ0n) is 14.3. The Bertz CT molecular complexity index is 631. The zero-order chi connectivity index (χ0) is 16.2. The third-order valence-electron chi connectivity index (χ3n) is 4.92. The highest BCUT2D eigenvalue weighted by Crippen LogP contribution is 2.32. The molecular formula is C19H26N2O2. The van der Waals surface area contributed by atoms with E-state index < -0.39 is 0 Å². The molecule has 0 saturated carbocycles. The maximum Gasteiger partial charge on any atom is 0.137 e. The fourth-order valence-electron chi connectivity index (χ4n) is 3.60. The molecule has 1 fully saturated rings. The molecule has 4 nitrogen and oxygen atoms in total. The topological polar surface area (TPSA) is 38.5 Å². The summed E-state index contributed by atoms with van der Waals surface area (Å²) in [5.41, 5.74) is 3.65. The Kier molecular flexibility index (Phi) is 5.01. The molecule has 0 N–H and O–H groups in total. The third-order valence-corrected chi connectivity index (χ3v) is 4.92. The number of hydrogen-bond acceptors (Lipinski definition) is 4. The Hall–Kier alpha value is -1.81. The largest absolute Gasteiger partial charge is 0.497 e. The lowest BCUT2D eigenvalue weighted by atomic mass is 9.94. The van der Waals surface area contributed by atoms with Crippen LogP contribution in [0.4, 0.5) is 0 Å². The minimum absolute atomic E-state index is 0.485. The van der Waals surface area contributed by atoms with Crippen molar-refractivity contribution in [1.29, 1.82) is 0 Å². The number of likely N-dealkylation sites (tertiary alicyclic amines) is 1. The predicted octanol–water partition coefficient (Wildman–Crippen LogP) is 4.07. The first-order chi connectivity index (χ1) is 11.2. The summed E-state index contributed by atoms with van der Waals surface area (Å²) in [4.78, 5) is 2.60. The van der Waals surface area contributed by atoms with Gasteiger partial charge in [0.15, 0.2) is 0 Å². The maximum atomic E-state index is 5.39. The van der Waals surface area contributed by atoms with Crippen LogP contribution in [0.5, 0.6) is 5.75 Å². The Morgan fingerprint density at radius 2 is 2.17 bits per heavy atom. The van der Waals surface area contributed by atoms with E-state index in [4.69, 9.17) is 9.26 Å². The van der Waals surface area contributed by atoms with Gasteiger partial charge in [-0.25, -0.2) is 0 Å². The van der Waals surface area contributed by atoms with E-state index in [0.29, 0.717) is 6.04 Å². The molecule has 1 aliphatic rings. The normalized spacial score (nSPS) is 19.0. The van der Waals surface area contributed by atoms with Gasteiger partial charge in [-0.2, -0.15) is 0 Å². The molecule has 0 bridgehead atoms. The summed E-state index contributed by atoms with van der Waals surface area (Å²) in [7, 11) is 1.73. The van der Waals surface area contributed by atoms with Crippen molar-refractivity contribution in [2.75, 3.05) is 20.2 Å². The number of aryl methyl sites for hydroxylation is 2. The van der Waals surface area contributed by atoms with Crippen molar-refractivity contribution in [2.45, 2.75) is 45.6 Å². The summed E-state index contributed by atoms with van der Waals surface area (Å²) < 4.78 is 10.7. The van der Waals surface area contributed by atoms with Crippen LogP contribution in [0.3, 0.4) is 0 Å². The van der Waals surface area contributed by atoms with E-state index in [2.05, 4.69) is 28.3 Å². The first kappa shape index (κ1) is 16.1. The number of ether oxygens (including phenoxy) is 1. The molecule has 0 aliphatic carbocycles. The number of methoxy groups -OCH3 is 1. The Balaban J connectivity index is 1.73. The quantitative estimate of drug-likeness (QED) is 0.834. The second-order valence-electron chi connectivity index (χ2n) is 6.38. The molecule has 1 saturated heterocycles. The molecule has 0 radical (unpaired) electrons. The summed E-state index contributed by atoms with van der Waals surface area (Å²) in [6.07, 6.45) is 4.79. The maximum absolute atomic E-state index is 5.39. The van der Waals surface area contributed by atoms with E-state index in [1.165, 1.54) is 30.4 Å². The highest BCUT2D eigenvalue weighted by Gasteiger charge is 2.24. The molecular weight excluding hydrogens is 288 g/mol. The van der Waals surface area contributed by atoms with Crippen molar-refractivity contribution in [2.24, 2.45) is 0 Å². The lowest BCUT2D eigenvalue weighted by Gasteiger charge is -2.36. The van der Waals surface area contributed by atoms with E-state index >= 15 is 0 Å². The van der Waals surface area contributed by atoms with Crippen molar-refractivity contribution >= 4 is 0 Å². The number of nitrogens with zero attached hydrogens (tertiary/aromatic N) is 2. The van der Waals surface area contributed by atoms with Crippen molar-refractivity contribution in [3.63, 3.8) is 0 Å². The van der Waals surface area contributed by atoms with Crippen LogP contribution in [-0.4, -0.2) is 30.3 Å². The Morgan fingerprint density at radius 1 is 1.30 bits per heavy atom. The monoisotopic (exact) mass is 314 g/mol. The highest BCUT2D eigenvalue weighted by molar-refractivity contribution is 5.31. The summed E-state index contributed by atoms with van der Waals surface area (Å²) in [6, 6.07) is 9.00. The Labute approximate surface area is 138 Å². The summed E-state index contributed by atoms with van der Waals surface area (Å²) in [5, 5.41) is 4.07. The van der Waals surface area contributed by atoms with Crippen LogP contribution in [0.25, 0.3) is 0 Å². The van der Waals surface area contributed by atoms with Gasteiger partial charge in [0.25, 0.3) is 0 Å². The minimum Gasteiger partial charge on any atom is -0.497 e. The van der Waals surface area contributed by atoms with Gasteiger partial charge in [0.05, 0.1) is 12.8 Å². The van der Waals surface area contributed by atoms with Gasteiger partial charge in [-0.15, -0.1) is 0 Å². The molecule has 124 valence electrons. The summed E-state index contributed by atoms with van der Waals surface area (Å²) in [6.45, 7) is 6.24. The molecule has 1 atom stereocenters. The molecule has 0 unspecified atom stereocenters. The molecule has 1 aromatic carbocycles. The molecule has 4 heteroatoms. The van der Waals surface area contributed by atoms with Crippen LogP contribution < -0.4 is 4.74 Å². The van der Waals surface area contributed by atoms with Gasteiger partial charge in [-0.3, -0.25) is 4.90 Å². The fraction of sp³-hybridized carbons (Fsp3) is 0.526. The highest BCUT2D eigenvalue weighted by atomic mass is 16.5. The standard InChI is InChI=1S/C19H26N2O2/c1-14-18(15(2)23-20-14)10-12-21-11-5-4-9-19(21)16-7-6-8-17(13-16)22-3/h6-8,13,19H,4-5,9-12H2,1-3H3/t19-/m0/s1. The van der Waals surface area contributed by atoms with Crippen LogP contribution in [0.15, 0.2) is 28.8 Å². The second kappa shape index (κ2) is 7.18. The average molecular weight is 314 g/mol. The van der Waals surface area contributed by atoms with Gasteiger partial charge in [-0.05, 0) is 57.4 Å². The first-order valence-corrected chi connectivity index (χ1v) is 8.49. The van der Waals surface area contributed by atoms with Gasteiger partial charge < -0.3 is 9.26 Å². The van der Waals surface area contributed by atoms with Gasteiger partial charge in [0.1, 0.15) is 11.5 Å².